The SMILES string of the molecule is CCOC(=O)C1=NNC2C=C3C=C3C=C12. The number of carbonyl (C=O) groups is 1. The molecule has 4 nitrogen and oxygen atoms in total. The molecule has 0 saturated carbocycles. The molecule has 0 aromatic heterocycles. The van der Waals surface area contributed by atoms with Gasteiger partial charge in [-0.2, -0.15) is 5.10 Å². The molecule has 0 bridgehead atoms. The molecule has 0 fully saturated rings. The van der Waals surface area contributed by atoms with Crippen LogP contribution in [-0.4, -0.2) is 24.3 Å². The maximum atomic E-state index is 11.5. The Bertz CT molecular complexity index is 469. The third kappa shape index (κ3) is 1.21. The van der Waals surface area contributed by atoms with E-state index in [0.717, 1.165) is 5.57 Å². The van der Waals surface area contributed by atoms with E-state index in [1.54, 1.807) is 6.92 Å². The number of allylic oxidation sites excluding steroid dienone is 4. The Kier molecular flexibility index (Phi) is 1.59. The van der Waals surface area contributed by atoms with Crippen LogP contribution >= 0.6 is 0 Å². The molecular formula is C11H10N2O2. The number of carbonyl (C=O) groups excluding carboxylic acids is 1. The standard InChI is InChI=1S/C11H10N2O2/c1-2-15-11(14)10-8-4-6-3-7(6)5-9(8)12-13-10/h3-5,9,12H,2H2,1H3. The predicted molar refractivity (Wildman–Crippen MR) is 55.2 cm³/mol. The van der Waals surface area contributed by atoms with Gasteiger partial charge in [0.2, 0.25) is 0 Å². The fraction of sp³-hybridized carbons (Fsp3) is 0.273. The second-order valence-electron chi connectivity index (χ2n) is 3.61. The summed E-state index contributed by atoms with van der Waals surface area (Å²) in [7, 11) is 0. The number of nitrogens with zero attached hydrogens (tertiary/aromatic N) is 1. The number of rotatable bonds is 2. The van der Waals surface area contributed by atoms with Crippen LogP contribution < -0.4 is 5.43 Å². The predicted octanol–water partition coefficient (Wildman–Crippen LogP) is 0.684. The zero-order valence-corrected chi connectivity index (χ0v) is 8.28. The Hall–Kier alpha value is -1.84. The van der Waals surface area contributed by atoms with Gasteiger partial charge in [0.25, 0.3) is 0 Å². The van der Waals surface area contributed by atoms with E-state index in [4.69, 9.17) is 4.74 Å². The Morgan fingerprint density at radius 2 is 2.40 bits per heavy atom. The van der Waals surface area contributed by atoms with Gasteiger partial charge < -0.3 is 4.74 Å². The van der Waals surface area contributed by atoms with E-state index in [0.29, 0.717) is 12.3 Å². The van der Waals surface area contributed by atoms with Crippen LogP contribution in [0.5, 0.6) is 0 Å². The quantitative estimate of drug-likeness (QED) is 0.670. The molecule has 3 rings (SSSR count). The minimum atomic E-state index is -0.350. The first kappa shape index (κ1) is 8.47. The van der Waals surface area contributed by atoms with Gasteiger partial charge in [0, 0.05) is 5.57 Å². The van der Waals surface area contributed by atoms with Crippen molar-refractivity contribution in [3.8, 4) is 0 Å². The van der Waals surface area contributed by atoms with Crippen molar-refractivity contribution >= 4 is 11.7 Å². The lowest BCUT2D eigenvalue weighted by Crippen LogP contribution is -2.24. The normalized spacial score (nSPS) is 25.0. The van der Waals surface area contributed by atoms with E-state index in [-0.39, 0.29) is 12.0 Å². The van der Waals surface area contributed by atoms with E-state index in [9.17, 15) is 4.79 Å². The maximum absolute atomic E-state index is 11.5. The summed E-state index contributed by atoms with van der Waals surface area (Å²) in [6, 6.07) is 0.0434. The Morgan fingerprint density at radius 3 is 3.20 bits per heavy atom. The molecule has 0 radical (unpaired) electrons. The minimum Gasteiger partial charge on any atom is -0.461 e. The summed E-state index contributed by atoms with van der Waals surface area (Å²) < 4.78 is 4.93. The molecule has 1 heterocycles. The van der Waals surface area contributed by atoms with Crippen molar-refractivity contribution in [1.29, 1.82) is 0 Å². The lowest BCUT2D eigenvalue weighted by Gasteiger charge is -2.10. The Labute approximate surface area is 87.0 Å². The largest absolute Gasteiger partial charge is 0.461 e. The second kappa shape index (κ2) is 2.82. The summed E-state index contributed by atoms with van der Waals surface area (Å²) in [5.41, 5.74) is 6.68. The van der Waals surface area contributed by atoms with Gasteiger partial charge in [0.15, 0.2) is 5.71 Å². The average molecular weight is 202 g/mol. The Balaban J connectivity index is 1.87. The van der Waals surface area contributed by atoms with Crippen LogP contribution in [0.2, 0.25) is 0 Å². The molecule has 4 heteroatoms. The molecule has 1 N–H and O–H groups in total. The first-order valence-electron chi connectivity index (χ1n) is 4.96. The summed E-state index contributed by atoms with van der Waals surface area (Å²) in [5.74, 6) is -0.350. The topological polar surface area (TPSA) is 50.7 Å². The van der Waals surface area contributed by atoms with Gasteiger partial charge in [-0.05, 0) is 36.3 Å². The lowest BCUT2D eigenvalue weighted by atomic mass is 9.98. The van der Waals surface area contributed by atoms with E-state index in [1.165, 1.54) is 11.1 Å². The number of nitrogens with one attached hydrogen (secondary N) is 1. The molecule has 0 saturated heterocycles. The zero-order chi connectivity index (χ0) is 10.4. The highest BCUT2D eigenvalue weighted by atomic mass is 16.5. The summed E-state index contributed by atoms with van der Waals surface area (Å²) >= 11 is 0. The van der Waals surface area contributed by atoms with Gasteiger partial charge in [-0.1, -0.05) is 0 Å². The minimum absolute atomic E-state index is 0.0434. The molecule has 0 amide bonds. The van der Waals surface area contributed by atoms with E-state index >= 15 is 0 Å². The van der Waals surface area contributed by atoms with Gasteiger partial charge in [-0.3, -0.25) is 5.43 Å². The highest BCUT2D eigenvalue weighted by Crippen LogP contribution is 2.37. The fourth-order valence-corrected chi connectivity index (χ4v) is 1.81. The van der Waals surface area contributed by atoms with Crippen LogP contribution in [0.4, 0.5) is 0 Å². The number of hydrogen-bond donors (Lipinski definition) is 1. The third-order valence-corrected chi connectivity index (χ3v) is 2.61. The van der Waals surface area contributed by atoms with Gasteiger partial charge in [-0.25, -0.2) is 4.79 Å². The van der Waals surface area contributed by atoms with Crippen LogP contribution in [0, 0.1) is 0 Å². The fourth-order valence-electron chi connectivity index (χ4n) is 1.81. The molecule has 3 aliphatic rings. The van der Waals surface area contributed by atoms with Gasteiger partial charge in [-0.15, -0.1) is 0 Å². The molecule has 1 unspecified atom stereocenters. The highest BCUT2D eigenvalue weighted by molar-refractivity contribution is 6.44. The molecule has 1 aliphatic heterocycles. The van der Waals surface area contributed by atoms with Crippen LogP contribution in [0.1, 0.15) is 6.92 Å². The number of fused-ring (bicyclic) bond motifs is 2. The van der Waals surface area contributed by atoms with Crippen molar-refractivity contribution in [3.05, 3.63) is 34.9 Å². The van der Waals surface area contributed by atoms with Crippen molar-refractivity contribution in [2.45, 2.75) is 13.0 Å². The average Bonchev–Trinajstić information content (AvgIpc) is 2.85. The second-order valence-corrected chi connectivity index (χ2v) is 3.61. The Morgan fingerprint density at radius 1 is 1.53 bits per heavy atom. The van der Waals surface area contributed by atoms with Crippen molar-refractivity contribution in [1.82, 2.24) is 5.43 Å². The molecule has 15 heavy (non-hydrogen) atoms. The molecule has 76 valence electrons. The molecule has 0 spiro atoms. The molecule has 1 atom stereocenters. The number of ether oxygens (including phenoxy) is 1. The third-order valence-electron chi connectivity index (χ3n) is 2.61. The number of hydrazone groups is 1. The van der Waals surface area contributed by atoms with Crippen LogP contribution in [0.3, 0.4) is 0 Å². The van der Waals surface area contributed by atoms with E-state index in [1.807, 2.05) is 6.08 Å². The van der Waals surface area contributed by atoms with Crippen LogP contribution in [0.25, 0.3) is 0 Å². The van der Waals surface area contributed by atoms with Crippen molar-refractivity contribution in [2.75, 3.05) is 6.61 Å². The molecular weight excluding hydrogens is 192 g/mol. The summed E-state index contributed by atoms with van der Waals surface area (Å²) in [4.78, 5) is 11.5. The zero-order valence-electron chi connectivity index (χ0n) is 8.28. The lowest BCUT2D eigenvalue weighted by molar-refractivity contribution is -0.134. The first-order valence-corrected chi connectivity index (χ1v) is 4.96. The van der Waals surface area contributed by atoms with Crippen LogP contribution in [0.15, 0.2) is 40.0 Å². The molecule has 0 aromatic rings. The van der Waals surface area contributed by atoms with Gasteiger partial charge in [0.05, 0.1) is 12.6 Å². The van der Waals surface area contributed by atoms with Gasteiger partial charge in [0.1, 0.15) is 0 Å². The monoisotopic (exact) mass is 202 g/mol. The van der Waals surface area contributed by atoms with Gasteiger partial charge >= 0.3 is 5.97 Å². The van der Waals surface area contributed by atoms with E-state index in [2.05, 4.69) is 22.7 Å². The maximum Gasteiger partial charge on any atom is 0.359 e. The highest BCUT2D eigenvalue weighted by Gasteiger charge is 2.34. The van der Waals surface area contributed by atoms with Crippen molar-refractivity contribution < 1.29 is 9.53 Å². The summed E-state index contributed by atoms with van der Waals surface area (Å²) in [6.07, 6.45) is 6.14. The number of hydrogen-bond acceptors (Lipinski definition) is 4. The van der Waals surface area contributed by atoms with Crippen LogP contribution in [-0.2, 0) is 9.53 Å². The van der Waals surface area contributed by atoms with Crippen molar-refractivity contribution in [3.63, 3.8) is 0 Å². The number of esters is 1. The molecule has 2 aliphatic carbocycles. The summed E-state index contributed by atoms with van der Waals surface area (Å²) in [6.45, 7) is 2.16. The summed E-state index contributed by atoms with van der Waals surface area (Å²) in [5, 5.41) is 4.01. The molecule has 0 aromatic carbocycles. The smallest absolute Gasteiger partial charge is 0.359 e. The first-order chi connectivity index (χ1) is 7.29. The van der Waals surface area contributed by atoms with E-state index < -0.39 is 0 Å². The van der Waals surface area contributed by atoms with Crippen molar-refractivity contribution in [2.24, 2.45) is 5.10 Å².